The molecule has 1 amide bonds. The zero-order chi connectivity index (χ0) is 16.9. The van der Waals surface area contributed by atoms with Gasteiger partial charge in [-0.15, -0.1) is 11.3 Å². The van der Waals surface area contributed by atoms with Gasteiger partial charge in [-0.25, -0.2) is 9.78 Å². The Labute approximate surface area is 143 Å². The lowest BCUT2D eigenvalue weighted by atomic mass is 10.2. The Hall–Kier alpha value is -2.73. The van der Waals surface area contributed by atoms with Crippen LogP contribution in [0.15, 0.2) is 54.0 Å². The van der Waals surface area contributed by atoms with Crippen molar-refractivity contribution >= 4 is 33.4 Å². The molecular formula is C18H16N2O3S. The van der Waals surface area contributed by atoms with Crippen molar-refractivity contribution in [3.8, 4) is 0 Å². The Morgan fingerprint density at radius 2 is 2.00 bits per heavy atom. The van der Waals surface area contributed by atoms with E-state index in [0.717, 1.165) is 15.8 Å². The standard InChI is InChI=1S/C18H16N2O3S/c1-12(17(21)19-10-13-5-3-2-4-6-13)23-18(22)14-7-8-15-16(9-14)24-11-20-15/h2-9,11-12H,10H2,1H3,(H,19,21)/t12-/m1/s1. The molecule has 24 heavy (non-hydrogen) atoms. The van der Waals surface area contributed by atoms with Gasteiger partial charge in [0, 0.05) is 6.54 Å². The number of hydrogen-bond acceptors (Lipinski definition) is 5. The molecular weight excluding hydrogens is 324 g/mol. The van der Waals surface area contributed by atoms with E-state index in [2.05, 4.69) is 10.3 Å². The third-order valence-electron chi connectivity index (χ3n) is 3.53. The summed E-state index contributed by atoms with van der Waals surface area (Å²) in [6.45, 7) is 1.96. The zero-order valence-corrected chi connectivity index (χ0v) is 13.9. The van der Waals surface area contributed by atoms with Crippen molar-refractivity contribution in [2.24, 2.45) is 0 Å². The summed E-state index contributed by atoms with van der Waals surface area (Å²) in [5, 5.41) is 2.76. The molecule has 3 aromatic rings. The van der Waals surface area contributed by atoms with Crippen LogP contribution >= 0.6 is 11.3 Å². The summed E-state index contributed by atoms with van der Waals surface area (Å²) in [4.78, 5) is 28.4. The third kappa shape index (κ3) is 3.78. The van der Waals surface area contributed by atoms with Crippen LogP contribution in [-0.2, 0) is 16.1 Å². The van der Waals surface area contributed by atoms with Crippen LogP contribution < -0.4 is 5.32 Å². The van der Waals surface area contributed by atoms with Gasteiger partial charge in [0.15, 0.2) is 6.10 Å². The molecule has 1 N–H and O–H groups in total. The summed E-state index contributed by atoms with van der Waals surface area (Å²) < 4.78 is 6.15. The van der Waals surface area contributed by atoms with Crippen molar-refractivity contribution in [3.63, 3.8) is 0 Å². The highest BCUT2D eigenvalue weighted by Crippen LogP contribution is 2.19. The van der Waals surface area contributed by atoms with Crippen molar-refractivity contribution in [2.45, 2.75) is 19.6 Å². The van der Waals surface area contributed by atoms with Crippen molar-refractivity contribution in [3.05, 3.63) is 65.2 Å². The SMILES string of the molecule is C[C@@H](OC(=O)c1ccc2ncsc2c1)C(=O)NCc1ccccc1. The summed E-state index contributed by atoms with van der Waals surface area (Å²) in [5.74, 6) is -0.848. The zero-order valence-electron chi connectivity index (χ0n) is 13.1. The molecule has 2 aromatic carbocycles. The number of amides is 1. The topological polar surface area (TPSA) is 68.3 Å². The van der Waals surface area contributed by atoms with Crippen LogP contribution in [0, 0.1) is 0 Å². The van der Waals surface area contributed by atoms with Gasteiger partial charge in [0.05, 0.1) is 21.3 Å². The monoisotopic (exact) mass is 340 g/mol. The van der Waals surface area contributed by atoms with E-state index in [9.17, 15) is 9.59 Å². The first-order valence-corrected chi connectivity index (χ1v) is 8.37. The van der Waals surface area contributed by atoms with Crippen LogP contribution in [0.3, 0.4) is 0 Å². The van der Waals surface area contributed by atoms with Gasteiger partial charge in [-0.3, -0.25) is 4.79 Å². The lowest BCUT2D eigenvalue weighted by molar-refractivity contribution is -0.129. The van der Waals surface area contributed by atoms with Gasteiger partial charge in [0.2, 0.25) is 0 Å². The summed E-state index contributed by atoms with van der Waals surface area (Å²) >= 11 is 1.45. The summed E-state index contributed by atoms with van der Waals surface area (Å²) in [6, 6.07) is 14.7. The molecule has 122 valence electrons. The van der Waals surface area contributed by atoms with Crippen LogP contribution in [0.4, 0.5) is 0 Å². The van der Waals surface area contributed by atoms with Gasteiger partial charge in [-0.1, -0.05) is 30.3 Å². The minimum atomic E-state index is -0.863. The van der Waals surface area contributed by atoms with Gasteiger partial charge in [-0.2, -0.15) is 0 Å². The molecule has 0 aliphatic carbocycles. The van der Waals surface area contributed by atoms with Crippen molar-refractivity contribution < 1.29 is 14.3 Å². The van der Waals surface area contributed by atoms with Crippen molar-refractivity contribution in [1.29, 1.82) is 0 Å². The third-order valence-corrected chi connectivity index (χ3v) is 4.32. The number of aromatic nitrogens is 1. The predicted molar refractivity (Wildman–Crippen MR) is 92.8 cm³/mol. The molecule has 0 spiro atoms. The number of rotatable bonds is 5. The number of nitrogens with one attached hydrogen (secondary N) is 1. The molecule has 0 fully saturated rings. The molecule has 0 aliphatic rings. The highest BCUT2D eigenvalue weighted by atomic mass is 32.1. The van der Waals surface area contributed by atoms with Gasteiger partial charge in [0.1, 0.15) is 0 Å². The van der Waals surface area contributed by atoms with E-state index in [4.69, 9.17) is 4.74 Å². The Bertz CT molecular complexity index is 861. The number of carbonyl (C=O) groups excluding carboxylic acids is 2. The van der Waals surface area contributed by atoms with Gasteiger partial charge < -0.3 is 10.1 Å². The number of ether oxygens (including phenoxy) is 1. The van der Waals surface area contributed by atoms with E-state index >= 15 is 0 Å². The molecule has 1 atom stereocenters. The average Bonchev–Trinajstić information content (AvgIpc) is 3.08. The number of nitrogens with zero attached hydrogens (tertiary/aromatic N) is 1. The molecule has 0 unspecified atom stereocenters. The first-order valence-electron chi connectivity index (χ1n) is 7.49. The smallest absolute Gasteiger partial charge is 0.338 e. The fourth-order valence-electron chi connectivity index (χ4n) is 2.19. The van der Waals surface area contributed by atoms with Crippen LogP contribution in [0.5, 0.6) is 0 Å². The number of esters is 1. The number of fused-ring (bicyclic) bond motifs is 1. The molecule has 3 rings (SSSR count). The van der Waals surface area contributed by atoms with E-state index in [1.54, 1.807) is 30.6 Å². The second kappa shape index (κ2) is 7.23. The maximum Gasteiger partial charge on any atom is 0.338 e. The van der Waals surface area contributed by atoms with Crippen LogP contribution in [-0.4, -0.2) is 23.0 Å². The van der Waals surface area contributed by atoms with E-state index in [-0.39, 0.29) is 5.91 Å². The Kier molecular flexibility index (Phi) is 4.86. The fraction of sp³-hybridized carbons (Fsp3) is 0.167. The van der Waals surface area contributed by atoms with E-state index in [1.165, 1.54) is 11.3 Å². The van der Waals surface area contributed by atoms with Crippen molar-refractivity contribution in [1.82, 2.24) is 10.3 Å². The molecule has 5 nitrogen and oxygen atoms in total. The second-order valence-electron chi connectivity index (χ2n) is 5.29. The average molecular weight is 340 g/mol. The highest BCUT2D eigenvalue weighted by Gasteiger charge is 2.19. The molecule has 0 saturated carbocycles. The molecule has 0 radical (unpaired) electrons. The van der Waals surface area contributed by atoms with E-state index < -0.39 is 12.1 Å². The van der Waals surface area contributed by atoms with Crippen molar-refractivity contribution in [2.75, 3.05) is 0 Å². The molecule has 1 aromatic heterocycles. The lowest BCUT2D eigenvalue weighted by Crippen LogP contribution is -2.35. The van der Waals surface area contributed by atoms with Crippen LogP contribution in [0.2, 0.25) is 0 Å². The maximum absolute atomic E-state index is 12.2. The minimum Gasteiger partial charge on any atom is -0.449 e. The number of carbonyl (C=O) groups is 2. The summed E-state index contributed by atoms with van der Waals surface area (Å²) in [5.41, 5.74) is 3.96. The fourth-order valence-corrected chi connectivity index (χ4v) is 2.91. The predicted octanol–water partition coefficient (Wildman–Crippen LogP) is 3.16. The lowest BCUT2D eigenvalue weighted by Gasteiger charge is -2.13. The van der Waals surface area contributed by atoms with Gasteiger partial charge in [0.25, 0.3) is 5.91 Å². The van der Waals surface area contributed by atoms with Crippen LogP contribution in [0.1, 0.15) is 22.8 Å². The Morgan fingerprint density at radius 1 is 1.21 bits per heavy atom. The number of thiazole rings is 1. The minimum absolute atomic E-state index is 0.328. The first-order chi connectivity index (χ1) is 11.6. The van der Waals surface area contributed by atoms with E-state index in [0.29, 0.717) is 12.1 Å². The molecule has 0 saturated heterocycles. The molecule has 0 bridgehead atoms. The molecule has 1 heterocycles. The number of benzene rings is 2. The Morgan fingerprint density at radius 3 is 2.79 bits per heavy atom. The van der Waals surface area contributed by atoms with E-state index in [1.807, 2.05) is 30.3 Å². The van der Waals surface area contributed by atoms with Crippen LogP contribution in [0.25, 0.3) is 10.2 Å². The summed E-state index contributed by atoms with van der Waals surface area (Å²) in [6.07, 6.45) is -0.863. The quantitative estimate of drug-likeness (QED) is 0.725. The summed E-state index contributed by atoms with van der Waals surface area (Å²) in [7, 11) is 0. The molecule has 0 aliphatic heterocycles. The van der Waals surface area contributed by atoms with Gasteiger partial charge in [-0.05, 0) is 30.7 Å². The Balaban J connectivity index is 1.57. The van der Waals surface area contributed by atoms with Gasteiger partial charge >= 0.3 is 5.97 Å². The first kappa shape index (κ1) is 16.1. The highest BCUT2D eigenvalue weighted by molar-refractivity contribution is 7.16. The normalized spacial score (nSPS) is 11.9. The maximum atomic E-state index is 12.2. The largest absolute Gasteiger partial charge is 0.449 e. The second-order valence-corrected chi connectivity index (χ2v) is 6.17. The molecule has 6 heteroatoms. The number of hydrogen-bond donors (Lipinski definition) is 1.